The van der Waals surface area contributed by atoms with Gasteiger partial charge in [-0.05, 0) is 11.6 Å². The average Bonchev–Trinajstić information content (AvgIpc) is 2.25. The maximum Gasteiger partial charge on any atom is 0.177 e. The molecule has 0 spiro atoms. The Morgan fingerprint density at radius 3 is 2.56 bits per heavy atom. The van der Waals surface area contributed by atoms with Crippen molar-refractivity contribution >= 4 is 9.84 Å². The van der Waals surface area contributed by atoms with Crippen molar-refractivity contribution in [1.29, 1.82) is 0 Å². The Morgan fingerprint density at radius 2 is 2.00 bits per heavy atom. The van der Waals surface area contributed by atoms with Crippen LogP contribution in [-0.4, -0.2) is 26.2 Å². The van der Waals surface area contributed by atoms with Crippen LogP contribution < -0.4 is 5.32 Å². The number of nitrogens with one attached hydrogen (secondary N) is 1. The standard InChI is InChI=1S/C13H20N2O2S/c1-13(2,3)12-11(18(4,16)17)7-9-8-14-6-5-10(9)15-12/h7,14H,5-6,8H2,1-4H3. The van der Waals surface area contributed by atoms with Crippen molar-refractivity contribution in [3.05, 3.63) is 23.0 Å². The van der Waals surface area contributed by atoms with Crippen LogP contribution in [0.2, 0.25) is 0 Å². The van der Waals surface area contributed by atoms with Gasteiger partial charge < -0.3 is 5.32 Å². The second-order valence-electron chi connectivity index (χ2n) is 5.89. The van der Waals surface area contributed by atoms with Gasteiger partial charge in [-0.1, -0.05) is 20.8 Å². The van der Waals surface area contributed by atoms with Crippen LogP contribution in [0.25, 0.3) is 0 Å². The molecular weight excluding hydrogens is 248 g/mol. The fourth-order valence-corrected chi connectivity index (χ4v) is 3.25. The largest absolute Gasteiger partial charge is 0.312 e. The van der Waals surface area contributed by atoms with E-state index in [0.717, 1.165) is 24.2 Å². The summed E-state index contributed by atoms with van der Waals surface area (Å²) in [5.74, 6) is 0. The Morgan fingerprint density at radius 1 is 1.33 bits per heavy atom. The van der Waals surface area contributed by atoms with Crippen molar-refractivity contribution in [3.8, 4) is 0 Å². The van der Waals surface area contributed by atoms with Gasteiger partial charge in [-0.25, -0.2) is 8.42 Å². The molecule has 2 heterocycles. The number of sulfone groups is 1. The van der Waals surface area contributed by atoms with E-state index in [2.05, 4.69) is 10.3 Å². The number of fused-ring (bicyclic) bond motifs is 1. The molecule has 1 aromatic rings. The number of hydrogen-bond acceptors (Lipinski definition) is 4. The van der Waals surface area contributed by atoms with Crippen LogP contribution in [-0.2, 0) is 28.2 Å². The molecule has 18 heavy (non-hydrogen) atoms. The molecule has 0 atom stereocenters. The molecule has 0 saturated heterocycles. The predicted molar refractivity (Wildman–Crippen MR) is 71.5 cm³/mol. The zero-order chi connectivity index (χ0) is 13.6. The minimum absolute atomic E-state index is 0.266. The first-order chi connectivity index (χ1) is 8.19. The first-order valence-corrected chi connectivity index (χ1v) is 8.03. The van der Waals surface area contributed by atoms with E-state index in [1.807, 2.05) is 20.8 Å². The number of rotatable bonds is 1. The summed E-state index contributed by atoms with van der Waals surface area (Å²) in [6.45, 7) is 7.60. The molecule has 0 saturated carbocycles. The highest BCUT2D eigenvalue weighted by molar-refractivity contribution is 7.90. The summed E-state index contributed by atoms with van der Waals surface area (Å²) < 4.78 is 23.9. The van der Waals surface area contributed by atoms with Gasteiger partial charge in [-0.2, -0.15) is 0 Å². The topological polar surface area (TPSA) is 59.1 Å². The monoisotopic (exact) mass is 268 g/mol. The third-order valence-electron chi connectivity index (χ3n) is 3.12. The van der Waals surface area contributed by atoms with Crippen molar-refractivity contribution in [2.75, 3.05) is 12.8 Å². The van der Waals surface area contributed by atoms with Crippen molar-refractivity contribution < 1.29 is 8.42 Å². The van der Waals surface area contributed by atoms with Gasteiger partial charge in [0, 0.05) is 36.9 Å². The predicted octanol–water partition coefficient (Wildman–Crippen LogP) is 1.43. The van der Waals surface area contributed by atoms with E-state index in [4.69, 9.17) is 0 Å². The van der Waals surface area contributed by atoms with Crippen molar-refractivity contribution in [1.82, 2.24) is 10.3 Å². The summed E-state index contributed by atoms with van der Waals surface area (Å²) in [5, 5.41) is 3.24. The van der Waals surface area contributed by atoms with Gasteiger partial charge in [-0.3, -0.25) is 4.98 Å². The highest BCUT2D eigenvalue weighted by atomic mass is 32.2. The van der Waals surface area contributed by atoms with Crippen molar-refractivity contribution in [2.24, 2.45) is 0 Å². The third-order valence-corrected chi connectivity index (χ3v) is 4.23. The zero-order valence-electron chi connectivity index (χ0n) is 11.4. The summed E-state index contributed by atoms with van der Waals surface area (Å²) in [6.07, 6.45) is 2.12. The fourth-order valence-electron chi connectivity index (χ4n) is 2.19. The Kier molecular flexibility index (Phi) is 3.23. The van der Waals surface area contributed by atoms with Gasteiger partial charge in [0.1, 0.15) is 0 Å². The molecule has 100 valence electrons. The molecular formula is C13H20N2O2S. The number of nitrogens with zero attached hydrogens (tertiary/aromatic N) is 1. The van der Waals surface area contributed by atoms with Crippen LogP contribution in [0.4, 0.5) is 0 Å². The summed E-state index contributed by atoms with van der Waals surface area (Å²) in [5.41, 5.74) is 2.46. The fraction of sp³-hybridized carbons (Fsp3) is 0.615. The molecule has 5 heteroatoms. The lowest BCUT2D eigenvalue weighted by atomic mass is 9.90. The Bertz CT molecular complexity index is 571. The van der Waals surface area contributed by atoms with Crippen LogP contribution in [0.3, 0.4) is 0 Å². The molecule has 1 aromatic heterocycles. The maximum atomic E-state index is 11.9. The van der Waals surface area contributed by atoms with E-state index >= 15 is 0 Å². The summed E-state index contributed by atoms with van der Waals surface area (Å²) >= 11 is 0. The van der Waals surface area contributed by atoms with Crippen molar-refractivity contribution in [2.45, 2.75) is 44.0 Å². The van der Waals surface area contributed by atoms with Gasteiger partial charge in [0.15, 0.2) is 9.84 Å². The summed E-state index contributed by atoms with van der Waals surface area (Å²) in [6, 6.07) is 1.80. The molecule has 1 aliphatic rings. The number of aromatic nitrogens is 1. The average molecular weight is 268 g/mol. The molecule has 2 rings (SSSR count). The summed E-state index contributed by atoms with van der Waals surface area (Å²) in [7, 11) is -3.24. The molecule has 0 unspecified atom stereocenters. The molecule has 0 amide bonds. The van der Waals surface area contributed by atoms with Gasteiger partial charge in [0.25, 0.3) is 0 Å². The second-order valence-corrected chi connectivity index (χ2v) is 7.87. The smallest absolute Gasteiger partial charge is 0.177 e. The first kappa shape index (κ1) is 13.5. The minimum atomic E-state index is -3.24. The lowest BCUT2D eigenvalue weighted by Crippen LogP contribution is -2.28. The van der Waals surface area contributed by atoms with Gasteiger partial charge >= 0.3 is 0 Å². The quantitative estimate of drug-likeness (QED) is 0.837. The van der Waals surface area contributed by atoms with Crippen LogP contribution in [0, 0.1) is 0 Å². The third kappa shape index (κ3) is 2.57. The molecule has 1 aliphatic heterocycles. The Labute approximate surface area is 109 Å². The van der Waals surface area contributed by atoms with Crippen molar-refractivity contribution in [3.63, 3.8) is 0 Å². The van der Waals surface area contributed by atoms with E-state index in [0.29, 0.717) is 17.1 Å². The molecule has 0 aromatic carbocycles. The molecule has 1 N–H and O–H groups in total. The molecule has 0 bridgehead atoms. The molecule has 4 nitrogen and oxygen atoms in total. The first-order valence-electron chi connectivity index (χ1n) is 6.13. The SMILES string of the molecule is CC(C)(C)c1nc2c(cc1S(C)(=O)=O)CNCC2. The Balaban J connectivity index is 2.70. The minimum Gasteiger partial charge on any atom is -0.312 e. The van der Waals surface area contributed by atoms with Crippen LogP contribution in [0.5, 0.6) is 0 Å². The van der Waals surface area contributed by atoms with E-state index < -0.39 is 9.84 Å². The maximum absolute atomic E-state index is 11.9. The van der Waals surface area contributed by atoms with Gasteiger partial charge in [-0.15, -0.1) is 0 Å². The van der Waals surface area contributed by atoms with Crippen LogP contribution in [0.15, 0.2) is 11.0 Å². The normalized spacial score (nSPS) is 16.4. The van der Waals surface area contributed by atoms with Crippen LogP contribution in [0.1, 0.15) is 37.7 Å². The van der Waals surface area contributed by atoms with Gasteiger partial charge in [0.05, 0.1) is 10.6 Å². The lowest BCUT2D eigenvalue weighted by molar-refractivity contribution is 0.531. The Hall–Kier alpha value is -0.940. The number of hydrogen-bond donors (Lipinski definition) is 1. The molecule has 0 aliphatic carbocycles. The van der Waals surface area contributed by atoms with E-state index in [1.165, 1.54) is 6.26 Å². The van der Waals surface area contributed by atoms with Gasteiger partial charge in [0.2, 0.25) is 0 Å². The van der Waals surface area contributed by atoms with Crippen LogP contribution >= 0.6 is 0 Å². The zero-order valence-corrected chi connectivity index (χ0v) is 12.2. The highest BCUT2D eigenvalue weighted by Gasteiger charge is 2.27. The van der Waals surface area contributed by atoms with E-state index in [9.17, 15) is 8.42 Å². The second kappa shape index (κ2) is 4.31. The summed E-state index contributed by atoms with van der Waals surface area (Å²) in [4.78, 5) is 5.00. The highest BCUT2D eigenvalue weighted by Crippen LogP contribution is 2.29. The molecule has 0 radical (unpaired) electrons. The van der Waals surface area contributed by atoms with E-state index in [1.54, 1.807) is 6.07 Å². The molecule has 0 fully saturated rings. The number of pyridine rings is 1. The lowest BCUT2D eigenvalue weighted by Gasteiger charge is -2.25. The van der Waals surface area contributed by atoms with E-state index in [-0.39, 0.29) is 5.41 Å².